The molecule has 6 nitrogen and oxygen atoms in total. The molecule has 0 fully saturated rings. The summed E-state index contributed by atoms with van der Waals surface area (Å²) in [6, 6.07) is 0. The first-order chi connectivity index (χ1) is 7.22. The van der Waals surface area contributed by atoms with E-state index in [2.05, 4.69) is 0 Å². The second-order valence-electron chi connectivity index (χ2n) is 4.74. The summed E-state index contributed by atoms with van der Waals surface area (Å²) in [4.78, 5) is 12.7. The normalized spacial score (nSPS) is 12.4. The van der Waals surface area contributed by atoms with Crippen LogP contribution in [0.4, 0.5) is 4.79 Å². The minimum Gasteiger partial charge on any atom is -0.444 e. The Morgan fingerprint density at radius 1 is 1.12 bits per heavy atom. The van der Waals surface area contributed by atoms with Crippen LogP contribution >= 0.6 is 0 Å². The molecule has 0 saturated heterocycles. The quantitative estimate of drug-likeness (QED) is 0.615. The van der Waals surface area contributed by atoms with Crippen LogP contribution in [0.25, 0.3) is 0 Å². The average molecular weight is 235 g/mol. The number of aliphatic hydroxyl groups is 3. The van der Waals surface area contributed by atoms with Crippen LogP contribution in [0.15, 0.2) is 0 Å². The van der Waals surface area contributed by atoms with Gasteiger partial charge in [-0.05, 0) is 20.8 Å². The predicted molar refractivity (Wildman–Crippen MR) is 58.0 cm³/mol. The van der Waals surface area contributed by atoms with E-state index in [1.54, 1.807) is 20.8 Å². The molecule has 6 heteroatoms. The highest BCUT2D eigenvalue weighted by Crippen LogP contribution is 2.16. The lowest BCUT2D eigenvalue weighted by Gasteiger charge is -2.38. The molecule has 0 aliphatic rings. The van der Waals surface area contributed by atoms with Crippen molar-refractivity contribution in [2.45, 2.75) is 31.9 Å². The van der Waals surface area contributed by atoms with Gasteiger partial charge in [0.05, 0.1) is 19.8 Å². The zero-order valence-corrected chi connectivity index (χ0v) is 10.2. The Morgan fingerprint density at radius 2 is 1.50 bits per heavy atom. The summed E-state index contributed by atoms with van der Waals surface area (Å²) in [5, 5.41) is 27.4. The number of ether oxygens (including phenoxy) is 1. The molecule has 96 valence electrons. The van der Waals surface area contributed by atoms with Gasteiger partial charge < -0.3 is 20.1 Å². The highest BCUT2D eigenvalue weighted by atomic mass is 16.6. The summed E-state index contributed by atoms with van der Waals surface area (Å²) in [6.07, 6.45) is -0.704. The summed E-state index contributed by atoms with van der Waals surface area (Å²) in [5.74, 6) is 0. The van der Waals surface area contributed by atoms with Crippen LogP contribution in [0.3, 0.4) is 0 Å². The molecule has 0 unspecified atom stereocenters. The van der Waals surface area contributed by atoms with Crippen LogP contribution < -0.4 is 0 Å². The first kappa shape index (κ1) is 15.2. The fraction of sp³-hybridized carbons (Fsp3) is 0.900. The Bertz CT molecular complexity index is 224. The van der Waals surface area contributed by atoms with Crippen molar-refractivity contribution in [1.29, 1.82) is 0 Å². The van der Waals surface area contributed by atoms with Crippen molar-refractivity contribution in [1.82, 2.24) is 4.90 Å². The van der Waals surface area contributed by atoms with Crippen molar-refractivity contribution in [3.63, 3.8) is 0 Å². The van der Waals surface area contributed by atoms with Crippen LogP contribution in [-0.4, -0.2) is 64.3 Å². The topological polar surface area (TPSA) is 90.2 Å². The largest absolute Gasteiger partial charge is 0.444 e. The van der Waals surface area contributed by atoms with E-state index in [9.17, 15) is 4.79 Å². The Hall–Kier alpha value is -0.850. The molecular formula is C10H21NO5. The Morgan fingerprint density at radius 3 is 1.75 bits per heavy atom. The van der Waals surface area contributed by atoms with Crippen LogP contribution in [0.2, 0.25) is 0 Å². The molecule has 0 spiro atoms. The number of carbonyl (C=O) groups excluding carboxylic acids is 1. The van der Waals surface area contributed by atoms with Crippen molar-refractivity contribution in [3.8, 4) is 0 Å². The first-order valence-corrected chi connectivity index (χ1v) is 5.02. The number of hydrogen-bond acceptors (Lipinski definition) is 5. The Balaban J connectivity index is 4.75. The SMILES string of the molecule is CN(C(=O)OC(C)(C)C)C(CO)(CO)CO. The van der Waals surface area contributed by atoms with Crippen LogP contribution in [-0.2, 0) is 4.74 Å². The van der Waals surface area contributed by atoms with Crippen molar-refractivity contribution >= 4 is 6.09 Å². The molecule has 0 atom stereocenters. The van der Waals surface area contributed by atoms with Crippen LogP contribution in [0.1, 0.15) is 20.8 Å². The number of likely N-dealkylation sites (N-methyl/N-ethyl adjacent to an activating group) is 1. The van der Waals surface area contributed by atoms with Crippen molar-refractivity contribution in [2.24, 2.45) is 0 Å². The number of rotatable bonds is 4. The smallest absolute Gasteiger partial charge is 0.410 e. The summed E-state index contributed by atoms with van der Waals surface area (Å²) in [6.45, 7) is 3.48. The molecule has 0 heterocycles. The second kappa shape index (κ2) is 5.47. The highest BCUT2D eigenvalue weighted by Gasteiger charge is 2.38. The van der Waals surface area contributed by atoms with Gasteiger partial charge in [0.1, 0.15) is 11.1 Å². The third-order valence-electron chi connectivity index (χ3n) is 2.26. The third kappa shape index (κ3) is 3.62. The molecule has 3 N–H and O–H groups in total. The average Bonchev–Trinajstić information content (AvgIpc) is 2.18. The molecule has 0 aromatic carbocycles. The molecule has 0 rings (SSSR count). The van der Waals surface area contributed by atoms with Gasteiger partial charge in [0.15, 0.2) is 0 Å². The van der Waals surface area contributed by atoms with Crippen LogP contribution in [0.5, 0.6) is 0 Å². The van der Waals surface area contributed by atoms with Crippen molar-refractivity contribution < 1.29 is 24.9 Å². The van der Waals surface area contributed by atoms with Gasteiger partial charge >= 0.3 is 6.09 Å². The molecule has 0 bridgehead atoms. The van der Waals surface area contributed by atoms with Crippen LogP contribution in [0, 0.1) is 0 Å². The Kier molecular flexibility index (Phi) is 5.18. The van der Waals surface area contributed by atoms with E-state index >= 15 is 0 Å². The number of nitrogens with zero attached hydrogens (tertiary/aromatic N) is 1. The van der Waals surface area contributed by atoms with E-state index in [1.807, 2.05) is 0 Å². The zero-order valence-electron chi connectivity index (χ0n) is 10.2. The number of hydrogen-bond donors (Lipinski definition) is 3. The van der Waals surface area contributed by atoms with Gasteiger partial charge in [-0.15, -0.1) is 0 Å². The fourth-order valence-electron chi connectivity index (χ4n) is 0.992. The summed E-state index contributed by atoms with van der Waals surface area (Å²) in [5.41, 5.74) is -2.07. The molecule has 0 aliphatic heterocycles. The zero-order chi connectivity index (χ0) is 13.0. The molecule has 0 aliphatic carbocycles. The van der Waals surface area contributed by atoms with E-state index in [0.29, 0.717) is 0 Å². The lowest BCUT2D eigenvalue weighted by Crippen LogP contribution is -2.58. The lowest BCUT2D eigenvalue weighted by atomic mass is 10.0. The maximum absolute atomic E-state index is 11.7. The maximum atomic E-state index is 11.7. The fourth-order valence-corrected chi connectivity index (χ4v) is 0.992. The van der Waals surface area contributed by atoms with E-state index in [-0.39, 0.29) is 0 Å². The number of carbonyl (C=O) groups is 1. The molecule has 0 aromatic rings. The number of aliphatic hydroxyl groups excluding tert-OH is 3. The summed E-state index contributed by atoms with van der Waals surface area (Å²) >= 11 is 0. The summed E-state index contributed by atoms with van der Waals surface area (Å²) < 4.78 is 5.06. The van der Waals surface area contributed by atoms with Gasteiger partial charge in [-0.3, -0.25) is 4.90 Å². The van der Waals surface area contributed by atoms with E-state index < -0.39 is 37.1 Å². The second-order valence-corrected chi connectivity index (χ2v) is 4.74. The van der Waals surface area contributed by atoms with E-state index in [1.165, 1.54) is 7.05 Å². The standard InChI is InChI=1S/C10H21NO5/c1-9(2,3)16-8(15)11(4)10(5-12,6-13)7-14/h12-14H,5-7H2,1-4H3. The van der Waals surface area contributed by atoms with Gasteiger partial charge in [-0.25, -0.2) is 4.79 Å². The summed E-state index contributed by atoms with van der Waals surface area (Å²) in [7, 11) is 1.36. The third-order valence-corrected chi connectivity index (χ3v) is 2.26. The molecule has 0 aromatic heterocycles. The molecule has 0 saturated carbocycles. The maximum Gasteiger partial charge on any atom is 0.410 e. The van der Waals surface area contributed by atoms with Crippen molar-refractivity contribution in [2.75, 3.05) is 26.9 Å². The molecule has 1 amide bonds. The first-order valence-electron chi connectivity index (χ1n) is 5.02. The monoisotopic (exact) mass is 235 g/mol. The molecular weight excluding hydrogens is 214 g/mol. The van der Waals surface area contributed by atoms with Gasteiger partial charge in [0.2, 0.25) is 0 Å². The molecule has 16 heavy (non-hydrogen) atoms. The van der Waals surface area contributed by atoms with Gasteiger partial charge in [-0.2, -0.15) is 0 Å². The van der Waals surface area contributed by atoms with Gasteiger partial charge in [-0.1, -0.05) is 0 Å². The van der Waals surface area contributed by atoms with Gasteiger partial charge in [0.25, 0.3) is 0 Å². The minimum absolute atomic E-state index is 0.546. The van der Waals surface area contributed by atoms with Gasteiger partial charge in [0, 0.05) is 7.05 Å². The van der Waals surface area contributed by atoms with Crippen molar-refractivity contribution in [3.05, 3.63) is 0 Å². The Labute approximate surface area is 95.4 Å². The lowest BCUT2D eigenvalue weighted by molar-refractivity contribution is -0.0497. The van der Waals surface area contributed by atoms with E-state index in [0.717, 1.165) is 4.90 Å². The molecule has 0 radical (unpaired) electrons. The minimum atomic E-state index is -1.40. The number of amides is 1. The van der Waals surface area contributed by atoms with E-state index in [4.69, 9.17) is 20.1 Å². The highest BCUT2D eigenvalue weighted by molar-refractivity contribution is 5.69. The predicted octanol–water partition coefficient (Wildman–Crippen LogP) is -0.431.